The van der Waals surface area contributed by atoms with Gasteiger partial charge in [0.1, 0.15) is 5.75 Å². The minimum Gasteiger partial charge on any atom is -0.492 e. The molecule has 2 N–H and O–H groups in total. The van der Waals surface area contributed by atoms with Gasteiger partial charge in [0.15, 0.2) is 0 Å². The number of benzene rings is 1. The van der Waals surface area contributed by atoms with Crippen molar-refractivity contribution in [3.63, 3.8) is 0 Å². The van der Waals surface area contributed by atoms with Crippen molar-refractivity contribution in [1.29, 1.82) is 0 Å². The van der Waals surface area contributed by atoms with Crippen LogP contribution in [0.15, 0.2) is 18.2 Å². The predicted octanol–water partition coefficient (Wildman–Crippen LogP) is 2.91. The van der Waals surface area contributed by atoms with E-state index in [4.69, 9.17) is 22.1 Å². The maximum absolute atomic E-state index is 6.25. The van der Waals surface area contributed by atoms with Gasteiger partial charge in [-0.2, -0.15) is 0 Å². The standard InChI is InChI=1S/C16H23ClN2O/c1-2-20-16-12(4-3-5-14(16)17)9-19-8-11-6-7-15(18)13(11)10-19/h3-5,11,13,15H,2,6-10,18H2,1H3. The average Bonchev–Trinajstić information content (AvgIpc) is 2.96. The molecule has 110 valence electrons. The Kier molecular flexibility index (Phi) is 4.20. The molecular formula is C16H23ClN2O. The number of ether oxygens (including phenoxy) is 1. The zero-order chi connectivity index (χ0) is 14.1. The second-order valence-electron chi connectivity index (χ2n) is 6.02. The van der Waals surface area contributed by atoms with Crippen molar-refractivity contribution in [2.45, 2.75) is 32.4 Å². The van der Waals surface area contributed by atoms with Crippen LogP contribution in [0.25, 0.3) is 0 Å². The largest absolute Gasteiger partial charge is 0.492 e. The van der Waals surface area contributed by atoms with Crippen molar-refractivity contribution in [3.8, 4) is 5.75 Å². The maximum Gasteiger partial charge on any atom is 0.142 e. The number of hydrogen-bond donors (Lipinski definition) is 1. The molecule has 0 bridgehead atoms. The fourth-order valence-electron chi connectivity index (χ4n) is 3.75. The summed E-state index contributed by atoms with van der Waals surface area (Å²) in [5.74, 6) is 2.32. The summed E-state index contributed by atoms with van der Waals surface area (Å²) in [5.41, 5.74) is 7.39. The zero-order valence-corrected chi connectivity index (χ0v) is 12.8. The quantitative estimate of drug-likeness (QED) is 0.928. The lowest BCUT2D eigenvalue weighted by Crippen LogP contribution is -2.30. The molecule has 0 radical (unpaired) electrons. The van der Waals surface area contributed by atoms with E-state index in [1.807, 2.05) is 19.1 Å². The number of rotatable bonds is 4. The van der Waals surface area contributed by atoms with Gasteiger partial charge in [-0.15, -0.1) is 0 Å². The number of nitrogens with two attached hydrogens (primary N) is 1. The fourth-order valence-corrected chi connectivity index (χ4v) is 4.00. The number of para-hydroxylation sites is 1. The topological polar surface area (TPSA) is 38.5 Å². The van der Waals surface area contributed by atoms with Crippen LogP contribution in [-0.2, 0) is 6.54 Å². The van der Waals surface area contributed by atoms with E-state index in [0.29, 0.717) is 23.6 Å². The summed E-state index contributed by atoms with van der Waals surface area (Å²) in [4.78, 5) is 2.50. The highest BCUT2D eigenvalue weighted by molar-refractivity contribution is 6.32. The molecule has 20 heavy (non-hydrogen) atoms. The first kappa shape index (κ1) is 14.2. The van der Waals surface area contributed by atoms with Crippen LogP contribution >= 0.6 is 11.6 Å². The lowest BCUT2D eigenvalue weighted by molar-refractivity contribution is 0.284. The van der Waals surface area contributed by atoms with E-state index < -0.39 is 0 Å². The van der Waals surface area contributed by atoms with Crippen LogP contribution in [0.2, 0.25) is 5.02 Å². The van der Waals surface area contributed by atoms with E-state index in [1.54, 1.807) is 0 Å². The number of fused-ring (bicyclic) bond motifs is 1. The number of halogens is 1. The van der Waals surface area contributed by atoms with Crippen LogP contribution in [0.3, 0.4) is 0 Å². The predicted molar refractivity (Wildman–Crippen MR) is 82.1 cm³/mol. The molecule has 0 spiro atoms. The molecule has 0 aromatic heterocycles. The van der Waals surface area contributed by atoms with Gasteiger partial charge >= 0.3 is 0 Å². The van der Waals surface area contributed by atoms with E-state index in [2.05, 4.69) is 11.0 Å². The minimum atomic E-state index is 0.399. The van der Waals surface area contributed by atoms with Crippen molar-refractivity contribution < 1.29 is 4.74 Å². The smallest absolute Gasteiger partial charge is 0.142 e. The first-order chi connectivity index (χ1) is 9.69. The monoisotopic (exact) mass is 294 g/mol. The number of hydrogen-bond acceptors (Lipinski definition) is 3. The van der Waals surface area contributed by atoms with E-state index in [-0.39, 0.29) is 0 Å². The highest BCUT2D eigenvalue weighted by atomic mass is 35.5. The van der Waals surface area contributed by atoms with Crippen LogP contribution in [0.1, 0.15) is 25.3 Å². The van der Waals surface area contributed by atoms with Gasteiger partial charge in [-0.3, -0.25) is 4.90 Å². The number of nitrogens with zero attached hydrogens (tertiary/aromatic N) is 1. The Morgan fingerprint density at radius 1 is 1.35 bits per heavy atom. The normalized spacial score (nSPS) is 29.6. The molecule has 1 aromatic carbocycles. The van der Waals surface area contributed by atoms with Gasteiger partial charge in [0.25, 0.3) is 0 Å². The van der Waals surface area contributed by atoms with Crippen LogP contribution in [0, 0.1) is 11.8 Å². The molecule has 1 aliphatic heterocycles. The highest BCUT2D eigenvalue weighted by Crippen LogP contribution is 2.38. The summed E-state index contributed by atoms with van der Waals surface area (Å²) in [7, 11) is 0. The molecule has 3 atom stereocenters. The molecule has 1 saturated heterocycles. The first-order valence-electron chi connectivity index (χ1n) is 7.57. The molecule has 2 fully saturated rings. The third kappa shape index (κ3) is 2.67. The van der Waals surface area contributed by atoms with E-state index in [9.17, 15) is 0 Å². The Morgan fingerprint density at radius 3 is 2.95 bits per heavy atom. The van der Waals surface area contributed by atoms with E-state index in [1.165, 1.54) is 18.4 Å². The van der Waals surface area contributed by atoms with Gasteiger partial charge in [0, 0.05) is 31.2 Å². The molecule has 1 saturated carbocycles. The van der Waals surface area contributed by atoms with Gasteiger partial charge in [0.05, 0.1) is 11.6 Å². The van der Waals surface area contributed by atoms with E-state index in [0.717, 1.165) is 31.3 Å². The summed E-state index contributed by atoms with van der Waals surface area (Å²) in [6.45, 7) is 5.83. The Hall–Kier alpha value is -0.770. The van der Waals surface area contributed by atoms with Gasteiger partial charge in [0.2, 0.25) is 0 Å². The minimum absolute atomic E-state index is 0.399. The molecule has 1 aliphatic carbocycles. The Morgan fingerprint density at radius 2 is 2.20 bits per heavy atom. The van der Waals surface area contributed by atoms with Crippen molar-refractivity contribution in [2.75, 3.05) is 19.7 Å². The third-order valence-electron chi connectivity index (χ3n) is 4.72. The summed E-state index contributed by atoms with van der Waals surface area (Å²) in [6, 6.07) is 6.41. The Bertz CT molecular complexity index is 480. The zero-order valence-electron chi connectivity index (χ0n) is 12.0. The second-order valence-corrected chi connectivity index (χ2v) is 6.43. The van der Waals surface area contributed by atoms with Crippen molar-refractivity contribution in [2.24, 2.45) is 17.6 Å². The average molecular weight is 295 g/mol. The summed E-state index contributed by atoms with van der Waals surface area (Å²) >= 11 is 6.25. The highest BCUT2D eigenvalue weighted by Gasteiger charge is 2.40. The molecule has 3 nitrogen and oxygen atoms in total. The molecule has 2 aliphatic rings. The second kappa shape index (κ2) is 5.92. The van der Waals surface area contributed by atoms with Crippen LogP contribution in [0.5, 0.6) is 5.75 Å². The third-order valence-corrected chi connectivity index (χ3v) is 5.02. The fraction of sp³-hybridized carbons (Fsp3) is 0.625. The lowest BCUT2D eigenvalue weighted by Gasteiger charge is -2.20. The van der Waals surface area contributed by atoms with Crippen molar-refractivity contribution >= 4 is 11.6 Å². The van der Waals surface area contributed by atoms with Gasteiger partial charge < -0.3 is 10.5 Å². The van der Waals surface area contributed by atoms with Crippen molar-refractivity contribution in [3.05, 3.63) is 28.8 Å². The van der Waals surface area contributed by atoms with Gasteiger partial charge in [-0.25, -0.2) is 0 Å². The summed E-state index contributed by atoms with van der Waals surface area (Å²) in [6.07, 6.45) is 2.49. The molecule has 3 unspecified atom stereocenters. The molecule has 0 amide bonds. The van der Waals surface area contributed by atoms with Crippen LogP contribution < -0.4 is 10.5 Å². The van der Waals surface area contributed by atoms with Gasteiger partial charge in [-0.05, 0) is 37.7 Å². The Balaban J connectivity index is 1.71. The van der Waals surface area contributed by atoms with Crippen LogP contribution in [0.4, 0.5) is 0 Å². The molecular weight excluding hydrogens is 272 g/mol. The lowest BCUT2D eigenvalue weighted by atomic mass is 9.98. The Labute approximate surface area is 126 Å². The van der Waals surface area contributed by atoms with Crippen LogP contribution in [-0.4, -0.2) is 30.6 Å². The van der Waals surface area contributed by atoms with Gasteiger partial charge in [-0.1, -0.05) is 23.7 Å². The van der Waals surface area contributed by atoms with Crippen molar-refractivity contribution in [1.82, 2.24) is 4.90 Å². The maximum atomic E-state index is 6.25. The van der Waals surface area contributed by atoms with E-state index >= 15 is 0 Å². The molecule has 4 heteroatoms. The first-order valence-corrected chi connectivity index (χ1v) is 7.95. The summed E-state index contributed by atoms with van der Waals surface area (Å²) < 4.78 is 5.71. The molecule has 1 heterocycles. The number of likely N-dealkylation sites (tertiary alicyclic amines) is 1. The molecule has 3 rings (SSSR count). The summed E-state index contributed by atoms with van der Waals surface area (Å²) in [5, 5.41) is 0.709. The SMILES string of the molecule is CCOc1c(Cl)cccc1CN1CC2CCC(N)C2C1. The molecule has 1 aromatic rings.